The summed E-state index contributed by atoms with van der Waals surface area (Å²) in [6.45, 7) is 2.75. The number of carbonyl (C=O) groups excluding carboxylic acids is 2. The van der Waals surface area contributed by atoms with Gasteiger partial charge in [0.1, 0.15) is 6.26 Å². The second-order valence-electron chi connectivity index (χ2n) is 7.16. The molecule has 0 saturated heterocycles. The van der Waals surface area contributed by atoms with E-state index >= 15 is 0 Å². The van der Waals surface area contributed by atoms with Crippen LogP contribution in [-0.4, -0.2) is 31.3 Å². The van der Waals surface area contributed by atoms with Crippen molar-refractivity contribution in [1.82, 2.24) is 0 Å². The molecule has 0 aliphatic rings. The Kier molecular flexibility index (Phi) is 13.6. The van der Waals surface area contributed by atoms with Crippen molar-refractivity contribution in [1.29, 1.82) is 0 Å². The fraction of sp³-hybridized carbons (Fsp3) is 0.500. The molecule has 8 heteroatoms. The Labute approximate surface area is 187 Å². The van der Waals surface area contributed by atoms with Crippen molar-refractivity contribution in [3.8, 4) is 0 Å². The monoisotopic (exact) mass is 455 g/mol. The van der Waals surface area contributed by atoms with E-state index in [9.17, 15) is 22.8 Å². The highest BCUT2D eigenvalue weighted by molar-refractivity contribution is 5.90. The van der Waals surface area contributed by atoms with E-state index in [2.05, 4.69) is 10.1 Å². The van der Waals surface area contributed by atoms with Gasteiger partial charge in [-0.2, -0.15) is 13.2 Å². The fourth-order valence-corrected chi connectivity index (χ4v) is 2.80. The van der Waals surface area contributed by atoms with E-state index in [0.29, 0.717) is 12.0 Å². The number of halogens is 3. The molecule has 0 unspecified atom stereocenters. The van der Waals surface area contributed by atoms with Gasteiger partial charge in [-0.05, 0) is 50.5 Å². The Morgan fingerprint density at radius 1 is 0.969 bits per heavy atom. The zero-order valence-electron chi connectivity index (χ0n) is 18.5. The Morgan fingerprint density at radius 3 is 2.28 bits per heavy atom. The quantitative estimate of drug-likeness (QED) is 0.107. The van der Waals surface area contributed by atoms with Crippen LogP contribution in [0.3, 0.4) is 0 Å². The molecule has 1 N–H and O–H groups in total. The Hall–Kier alpha value is -2.77. The van der Waals surface area contributed by atoms with Gasteiger partial charge < -0.3 is 14.8 Å². The minimum atomic E-state index is -4.11. The first-order valence-electron chi connectivity index (χ1n) is 10.9. The summed E-state index contributed by atoms with van der Waals surface area (Å²) in [7, 11) is 0. The van der Waals surface area contributed by atoms with Gasteiger partial charge in [-0.15, -0.1) is 0 Å². The third kappa shape index (κ3) is 14.3. The van der Waals surface area contributed by atoms with E-state index in [1.165, 1.54) is 6.08 Å². The molecule has 0 aliphatic heterocycles. The van der Waals surface area contributed by atoms with Crippen molar-refractivity contribution in [2.75, 3.05) is 18.5 Å². The number of allylic oxidation sites excluding steroid dienone is 2. The fourth-order valence-electron chi connectivity index (χ4n) is 2.80. The van der Waals surface area contributed by atoms with E-state index in [0.717, 1.165) is 63.1 Å². The SMILES string of the molecule is CCOC(=O)C=COC(=O)c1ccc(NCCCCCCCCC=CCC(F)(F)F)cc1. The summed E-state index contributed by atoms with van der Waals surface area (Å²) in [5.74, 6) is -1.13. The normalized spacial score (nSPS) is 11.8. The smallest absolute Gasteiger partial charge is 0.392 e. The van der Waals surface area contributed by atoms with E-state index in [1.807, 2.05) is 0 Å². The standard InChI is InChI=1S/C24H32F3NO4/c1-2-31-22(29)16-19-32-23(30)20-12-14-21(15-13-20)28-18-11-9-7-5-3-4-6-8-10-17-24(25,26)27/h8,10,12-16,19,28H,2-7,9,11,17-18H2,1H3. The van der Waals surface area contributed by atoms with Crippen LogP contribution in [0.25, 0.3) is 0 Å². The number of benzene rings is 1. The molecule has 0 aromatic heterocycles. The van der Waals surface area contributed by atoms with Crippen molar-refractivity contribution < 1.29 is 32.2 Å². The zero-order valence-corrected chi connectivity index (χ0v) is 18.5. The third-order valence-corrected chi connectivity index (χ3v) is 4.43. The molecule has 0 atom stereocenters. The number of rotatable bonds is 15. The molecular weight excluding hydrogens is 423 g/mol. The van der Waals surface area contributed by atoms with Gasteiger partial charge in [0, 0.05) is 12.2 Å². The molecule has 32 heavy (non-hydrogen) atoms. The minimum absolute atomic E-state index is 0.250. The highest BCUT2D eigenvalue weighted by Crippen LogP contribution is 2.20. The van der Waals surface area contributed by atoms with Crippen LogP contribution >= 0.6 is 0 Å². The number of unbranched alkanes of at least 4 members (excludes halogenated alkanes) is 6. The summed E-state index contributed by atoms with van der Waals surface area (Å²) in [5, 5.41) is 3.29. The van der Waals surface area contributed by atoms with Crippen molar-refractivity contribution in [2.45, 2.75) is 64.5 Å². The number of ether oxygens (including phenoxy) is 2. The predicted molar refractivity (Wildman–Crippen MR) is 118 cm³/mol. The summed E-state index contributed by atoms with van der Waals surface area (Å²) >= 11 is 0. The Balaban J connectivity index is 2.09. The molecule has 0 amide bonds. The van der Waals surface area contributed by atoms with E-state index in [4.69, 9.17) is 4.74 Å². The summed E-state index contributed by atoms with van der Waals surface area (Å²) in [4.78, 5) is 23.0. The topological polar surface area (TPSA) is 64.6 Å². The lowest BCUT2D eigenvalue weighted by Gasteiger charge is -2.07. The zero-order chi connectivity index (χ0) is 23.7. The Bertz CT molecular complexity index is 728. The van der Waals surface area contributed by atoms with Gasteiger partial charge in [0.2, 0.25) is 0 Å². The number of anilines is 1. The third-order valence-electron chi connectivity index (χ3n) is 4.43. The molecule has 0 saturated carbocycles. The van der Waals surface area contributed by atoms with Crippen LogP contribution in [0.15, 0.2) is 48.8 Å². The van der Waals surface area contributed by atoms with Gasteiger partial charge in [0.15, 0.2) is 0 Å². The number of hydrogen-bond acceptors (Lipinski definition) is 5. The van der Waals surface area contributed by atoms with Gasteiger partial charge in [-0.1, -0.05) is 37.8 Å². The summed E-state index contributed by atoms with van der Waals surface area (Å²) in [6.07, 6.45) is 6.81. The maximum Gasteiger partial charge on any atom is 0.392 e. The highest BCUT2D eigenvalue weighted by atomic mass is 19.4. The van der Waals surface area contributed by atoms with E-state index < -0.39 is 24.5 Å². The maximum atomic E-state index is 12.0. The van der Waals surface area contributed by atoms with Gasteiger partial charge in [0.05, 0.1) is 24.7 Å². The maximum absolute atomic E-state index is 12.0. The van der Waals surface area contributed by atoms with E-state index in [-0.39, 0.29) is 6.61 Å². The first-order valence-corrected chi connectivity index (χ1v) is 10.9. The van der Waals surface area contributed by atoms with Gasteiger partial charge in [0.25, 0.3) is 0 Å². The lowest BCUT2D eigenvalue weighted by molar-refractivity contribution is -0.137. The molecule has 5 nitrogen and oxygen atoms in total. The van der Waals surface area contributed by atoms with Gasteiger partial charge in [-0.25, -0.2) is 9.59 Å². The number of alkyl halides is 3. The van der Waals surface area contributed by atoms with Crippen molar-refractivity contribution in [2.24, 2.45) is 0 Å². The van der Waals surface area contributed by atoms with Crippen LogP contribution in [0.5, 0.6) is 0 Å². The van der Waals surface area contributed by atoms with Crippen LogP contribution in [-0.2, 0) is 14.3 Å². The lowest BCUT2D eigenvalue weighted by atomic mass is 10.1. The molecule has 0 spiro atoms. The van der Waals surface area contributed by atoms with Crippen molar-refractivity contribution in [3.63, 3.8) is 0 Å². The molecule has 0 radical (unpaired) electrons. The first kappa shape index (κ1) is 27.3. The van der Waals surface area contributed by atoms with Gasteiger partial charge >= 0.3 is 18.1 Å². The lowest BCUT2D eigenvalue weighted by Crippen LogP contribution is -2.04. The second-order valence-corrected chi connectivity index (χ2v) is 7.16. The molecule has 0 aliphatic carbocycles. The first-order chi connectivity index (χ1) is 15.3. The van der Waals surface area contributed by atoms with Crippen molar-refractivity contribution >= 4 is 17.6 Å². The summed E-state index contributed by atoms with van der Waals surface area (Å²) in [5.41, 5.74) is 1.27. The van der Waals surface area contributed by atoms with Crippen molar-refractivity contribution in [3.05, 3.63) is 54.3 Å². The Morgan fingerprint density at radius 2 is 1.62 bits per heavy atom. The molecule has 0 bridgehead atoms. The van der Waals surface area contributed by atoms with Crippen LogP contribution < -0.4 is 5.32 Å². The number of carbonyl (C=O) groups is 2. The van der Waals surface area contributed by atoms with Crippen LogP contribution in [0, 0.1) is 0 Å². The molecule has 0 fully saturated rings. The minimum Gasteiger partial charge on any atom is -0.463 e. The summed E-state index contributed by atoms with van der Waals surface area (Å²) in [6, 6.07) is 6.87. The number of esters is 2. The van der Waals surface area contributed by atoms with Crippen LogP contribution in [0.2, 0.25) is 0 Å². The molecule has 1 aromatic rings. The molecule has 1 aromatic carbocycles. The molecule has 1 rings (SSSR count). The molecule has 178 valence electrons. The average Bonchev–Trinajstić information content (AvgIpc) is 2.74. The van der Waals surface area contributed by atoms with Crippen LogP contribution in [0.1, 0.15) is 68.6 Å². The summed E-state index contributed by atoms with van der Waals surface area (Å²) < 4.78 is 45.5. The number of nitrogens with one attached hydrogen (secondary N) is 1. The molecule has 0 heterocycles. The second kappa shape index (κ2) is 15.9. The largest absolute Gasteiger partial charge is 0.463 e. The van der Waals surface area contributed by atoms with E-state index in [1.54, 1.807) is 37.3 Å². The molecular formula is C24H32F3NO4. The van der Waals surface area contributed by atoms with Crippen LogP contribution in [0.4, 0.5) is 18.9 Å². The average molecular weight is 456 g/mol. The van der Waals surface area contributed by atoms with Gasteiger partial charge in [-0.3, -0.25) is 0 Å². The predicted octanol–water partition coefficient (Wildman–Crippen LogP) is 6.57. The number of hydrogen-bond donors (Lipinski definition) is 1. The highest BCUT2D eigenvalue weighted by Gasteiger charge is 2.24.